The SMILES string of the molecule is CCCCCC(C)NC(=O)CC. The van der Waals surface area contributed by atoms with Crippen molar-refractivity contribution in [3.05, 3.63) is 0 Å². The lowest BCUT2D eigenvalue weighted by Gasteiger charge is -2.12. The zero-order valence-electron chi connectivity index (χ0n) is 8.52. The fourth-order valence-electron chi connectivity index (χ4n) is 1.15. The molecule has 1 N–H and O–H groups in total. The van der Waals surface area contributed by atoms with Crippen molar-refractivity contribution in [3.63, 3.8) is 0 Å². The summed E-state index contributed by atoms with van der Waals surface area (Å²) in [7, 11) is 0. The van der Waals surface area contributed by atoms with E-state index in [9.17, 15) is 4.79 Å². The summed E-state index contributed by atoms with van der Waals surface area (Å²) in [6.07, 6.45) is 5.44. The average molecular weight is 171 g/mol. The second-order valence-corrected chi connectivity index (χ2v) is 3.32. The average Bonchev–Trinajstić information content (AvgIpc) is 2.05. The Morgan fingerprint density at radius 1 is 1.33 bits per heavy atom. The molecule has 0 rings (SSSR count). The minimum absolute atomic E-state index is 0.166. The summed E-state index contributed by atoms with van der Waals surface area (Å²) in [5.41, 5.74) is 0. The Balaban J connectivity index is 3.32. The first kappa shape index (κ1) is 11.5. The molecule has 2 heteroatoms. The quantitative estimate of drug-likeness (QED) is 0.611. The topological polar surface area (TPSA) is 29.1 Å². The van der Waals surface area contributed by atoms with Gasteiger partial charge < -0.3 is 5.32 Å². The molecule has 0 aliphatic heterocycles. The van der Waals surface area contributed by atoms with E-state index in [-0.39, 0.29) is 5.91 Å². The van der Waals surface area contributed by atoms with Crippen LogP contribution in [0.25, 0.3) is 0 Å². The van der Waals surface area contributed by atoms with Crippen molar-refractivity contribution >= 4 is 5.91 Å². The van der Waals surface area contributed by atoms with Gasteiger partial charge in [0.05, 0.1) is 0 Å². The van der Waals surface area contributed by atoms with Crippen LogP contribution in [-0.2, 0) is 4.79 Å². The van der Waals surface area contributed by atoms with Crippen LogP contribution in [0.1, 0.15) is 52.9 Å². The van der Waals surface area contributed by atoms with E-state index in [1.54, 1.807) is 0 Å². The molecular formula is C10H21NO. The predicted molar refractivity (Wildman–Crippen MR) is 52.0 cm³/mol. The highest BCUT2D eigenvalue weighted by Gasteiger charge is 2.03. The van der Waals surface area contributed by atoms with E-state index in [0.717, 1.165) is 6.42 Å². The molecule has 0 aliphatic carbocycles. The third-order valence-corrected chi connectivity index (χ3v) is 1.97. The normalized spacial score (nSPS) is 12.6. The molecule has 0 aromatic rings. The van der Waals surface area contributed by atoms with Crippen LogP contribution in [0.3, 0.4) is 0 Å². The first-order valence-corrected chi connectivity index (χ1v) is 5.00. The third kappa shape index (κ3) is 6.20. The molecule has 0 aromatic carbocycles. The highest BCUT2D eigenvalue weighted by atomic mass is 16.1. The summed E-state index contributed by atoms with van der Waals surface area (Å²) in [5, 5.41) is 2.95. The minimum atomic E-state index is 0.166. The van der Waals surface area contributed by atoms with Crippen molar-refractivity contribution in [2.24, 2.45) is 0 Å². The number of amides is 1. The van der Waals surface area contributed by atoms with Crippen LogP contribution in [0, 0.1) is 0 Å². The Morgan fingerprint density at radius 2 is 2.00 bits per heavy atom. The van der Waals surface area contributed by atoms with Crippen LogP contribution in [0.4, 0.5) is 0 Å². The summed E-state index contributed by atoms with van der Waals surface area (Å²) in [5.74, 6) is 0.166. The Hall–Kier alpha value is -0.530. The predicted octanol–water partition coefficient (Wildman–Crippen LogP) is 2.48. The standard InChI is InChI=1S/C10H21NO/c1-4-6-7-8-9(3)11-10(12)5-2/h9H,4-8H2,1-3H3,(H,11,12). The molecule has 0 saturated carbocycles. The molecule has 0 saturated heterocycles. The molecule has 12 heavy (non-hydrogen) atoms. The Kier molecular flexibility index (Phi) is 6.82. The van der Waals surface area contributed by atoms with E-state index in [2.05, 4.69) is 19.2 Å². The van der Waals surface area contributed by atoms with Crippen LogP contribution >= 0.6 is 0 Å². The summed E-state index contributed by atoms with van der Waals surface area (Å²) >= 11 is 0. The minimum Gasteiger partial charge on any atom is -0.354 e. The van der Waals surface area contributed by atoms with Gasteiger partial charge in [-0.3, -0.25) is 4.79 Å². The van der Waals surface area contributed by atoms with Crippen LogP contribution in [0.5, 0.6) is 0 Å². The lowest BCUT2D eigenvalue weighted by atomic mass is 10.1. The van der Waals surface area contributed by atoms with E-state index >= 15 is 0 Å². The lowest BCUT2D eigenvalue weighted by Crippen LogP contribution is -2.31. The van der Waals surface area contributed by atoms with E-state index in [0.29, 0.717) is 12.5 Å². The van der Waals surface area contributed by atoms with Crippen molar-refractivity contribution in [2.45, 2.75) is 58.9 Å². The Bertz CT molecular complexity index is 123. The molecule has 0 radical (unpaired) electrons. The van der Waals surface area contributed by atoms with Gasteiger partial charge in [-0.05, 0) is 13.3 Å². The summed E-state index contributed by atoms with van der Waals surface area (Å²) in [6.45, 7) is 6.15. The van der Waals surface area contributed by atoms with Gasteiger partial charge in [-0.2, -0.15) is 0 Å². The number of hydrogen-bond donors (Lipinski definition) is 1. The van der Waals surface area contributed by atoms with Gasteiger partial charge in [0.1, 0.15) is 0 Å². The third-order valence-electron chi connectivity index (χ3n) is 1.97. The summed E-state index contributed by atoms with van der Waals surface area (Å²) in [6, 6.07) is 0.351. The van der Waals surface area contributed by atoms with Gasteiger partial charge in [0.2, 0.25) is 5.91 Å². The van der Waals surface area contributed by atoms with Gasteiger partial charge in [-0.25, -0.2) is 0 Å². The second kappa shape index (κ2) is 7.14. The zero-order chi connectivity index (χ0) is 9.40. The van der Waals surface area contributed by atoms with Crippen molar-refractivity contribution in [2.75, 3.05) is 0 Å². The molecule has 72 valence electrons. The highest BCUT2D eigenvalue weighted by molar-refractivity contribution is 5.75. The van der Waals surface area contributed by atoms with Crippen LogP contribution in [0.15, 0.2) is 0 Å². The maximum absolute atomic E-state index is 10.9. The molecule has 0 heterocycles. The largest absolute Gasteiger partial charge is 0.354 e. The van der Waals surface area contributed by atoms with Crippen molar-refractivity contribution < 1.29 is 4.79 Å². The van der Waals surface area contributed by atoms with Crippen molar-refractivity contribution in [3.8, 4) is 0 Å². The first-order chi connectivity index (χ1) is 5.70. The van der Waals surface area contributed by atoms with Gasteiger partial charge in [0, 0.05) is 12.5 Å². The lowest BCUT2D eigenvalue weighted by molar-refractivity contribution is -0.121. The molecule has 1 unspecified atom stereocenters. The number of unbranched alkanes of at least 4 members (excludes halogenated alkanes) is 2. The molecular weight excluding hydrogens is 150 g/mol. The smallest absolute Gasteiger partial charge is 0.219 e. The number of nitrogens with one attached hydrogen (secondary N) is 1. The number of hydrogen-bond acceptors (Lipinski definition) is 1. The Labute approximate surface area is 75.7 Å². The monoisotopic (exact) mass is 171 g/mol. The zero-order valence-corrected chi connectivity index (χ0v) is 8.52. The maximum Gasteiger partial charge on any atom is 0.219 e. The number of rotatable bonds is 6. The maximum atomic E-state index is 10.9. The molecule has 0 aliphatic rings. The number of carbonyl (C=O) groups is 1. The van der Waals surface area contributed by atoms with E-state index < -0.39 is 0 Å². The molecule has 1 amide bonds. The summed E-state index contributed by atoms with van der Waals surface area (Å²) < 4.78 is 0. The van der Waals surface area contributed by atoms with E-state index in [4.69, 9.17) is 0 Å². The fourth-order valence-corrected chi connectivity index (χ4v) is 1.15. The molecule has 0 fully saturated rings. The van der Waals surface area contributed by atoms with E-state index in [1.807, 2.05) is 6.92 Å². The van der Waals surface area contributed by atoms with Gasteiger partial charge in [-0.15, -0.1) is 0 Å². The fraction of sp³-hybridized carbons (Fsp3) is 0.900. The van der Waals surface area contributed by atoms with Gasteiger partial charge in [0.15, 0.2) is 0 Å². The Morgan fingerprint density at radius 3 is 2.50 bits per heavy atom. The molecule has 2 nitrogen and oxygen atoms in total. The van der Waals surface area contributed by atoms with Crippen LogP contribution in [0.2, 0.25) is 0 Å². The van der Waals surface area contributed by atoms with Crippen LogP contribution < -0.4 is 5.32 Å². The highest BCUT2D eigenvalue weighted by Crippen LogP contribution is 2.02. The van der Waals surface area contributed by atoms with Gasteiger partial charge in [-0.1, -0.05) is 33.1 Å². The van der Waals surface area contributed by atoms with E-state index in [1.165, 1.54) is 19.3 Å². The molecule has 0 spiro atoms. The van der Waals surface area contributed by atoms with Crippen molar-refractivity contribution in [1.82, 2.24) is 5.32 Å². The van der Waals surface area contributed by atoms with Crippen molar-refractivity contribution in [1.29, 1.82) is 0 Å². The molecule has 0 bridgehead atoms. The molecule has 0 aromatic heterocycles. The second-order valence-electron chi connectivity index (χ2n) is 3.32. The van der Waals surface area contributed by atoms with Gasteiger partial charge >= 0.3 is 0 Å². The first-order valence-electron chi connectivity index (χ1n) is 5.00. The van der Waals surface area contributed by atoms with Crippen LogP contribution in [-0.4, -0.2) is 11.9 Å². The van der Waals surface area contributed by atoms with Gasteiger partial charge in [0.25, 0.3) is 0 Å². The number of carbonyl (C=O) groups excluding carboxylic acids is 1. The summed E-state index contributed by atoms with van der Waals surface area (Å²) in [4.78, 5) is 10.9. The molecule has 1 atom stereocenters.